The van der Waals surface area contributed by atoms with Crippen LogP contribution in [0.5, 0.6) is 0 Å². The van der Waals surface area contributed by atoms with Crippen molar-refractivity contribution in [3.8, 4) is 0 Å². The van der Waals surface area contributed by atoms with Crippen LogP contribution in [0.15, 0.2) is 0 Å². The van der Waals surface area contributed by atoms with Crippen molar-refractivity contribution in [1.82, 2.24) is 0 Å². The molecule has 0 radical (unpaired) electrons. The fraction of sp³-hybridized carbons (Fsp3) is 0.938. The highest BCUT2D eigenvalue weighted by Gasteiger charge is 2.24. The highest BCUT2D eigenvalue weighted by Crippen LogP contribution is 2.15. The second-order valence-corrected chi connectivity index (χ2v) is 11.1. The van der Waals surface area contributed by atoms with Gasteiger partial charge in [-0.05, 0) is 12.8 Å². The summed E-state index contributed by atoms with van der Waals surface area (Å²) in [6.45, 7) is 4.49. The van der Waals surface area contributed by atoms with Crippen molar-refractivity contribution >= 4 is 11.9 Å². The SMILES string of the molecule is CCCCCCCCCCCCCCC(O)C(=O)OC(=O)C(O)CCCCCCCCCCCCCC. The molecular weight excluding hydrogens is 464 g/mol. The Balaban J connectivity index is 3.58. The van der Waals surface area contributed by atoms with E-state index in [0.717, 1.165) is 38.5 Å². The van der Waals surface area contributed by atoms with Crippen LogP contribution in [-0.4, -0.2) is 34.4 Å². The monoisotopic (exact) mass is 526 g/mol. The molecular formula is C32H62O5. The van der Waals surface area contributed by atoms with Gasteiger partial charge < -0.3 is 14.9 Å². The molecule has 0 spiro atoms. The van der Waals surface area contributed by atoms with E-state index in [1.807, 2.05) is 0 Å². The Labute approximate surface area is 229 Å². The second kappa shape index (κ2) is 28.1. The van der Waals surface area contributed by atoms with Gasteiger partial charge in [0.2, 0.25) is 0 Å². The van der Waals surface area contributed by atoms with Crippen LogP contribution >= 0.6 is 0 Å². The van der Waals surface area contributed by atoms with Gasteiger partial charge in [-0.25, -0.2) is 9.59 Å². The van der Waals surface area contributed by atoms with Gasteiger partial charge in [0.25, 0.3) is 0 Å². The zero-order chi connectivity index (χ0) is 27.4. The molecule has 2 unspecified atom stereocenters. The summed E-state index contributed by atoms with van der Waals surface area (Å²) in [5.41, 5.74) is 0. The van der Waals surface area contributed by atoms with Crippen LogP contribution < -0.4 is 0 Å². The first-order valence-corrected chi connectivity index (χ1v) is 16.1. The smallest absolute Gasteiger partial charge is 0.342 e. The molecule has 0 aliphatic heterocycles. The molecule has 0 saturated heterocycles. The van der Waals surface area contributed by atoms with Gasteiger partial charge in [0.15, 0.2) is 12.2 Å². The fourth-order valence-electron chi connectivity index (χ4n) is 4.83. The predicted octanol–water partition coefficient (Wildman–Crippen LogP) is 8.96. The maximum atomic E-state index is 12.0. The zero-order valence-electron chi connectivity index (χ0n) is 24.7. The molecule has 2 atom stereocenters. The van der Waals surface area contributed by atoms with Gasteiger partial charge in [0.1, 0.15) is 0 Å². The van der Waals surface area contributed by atoms with Crippen molar-refractivity contribution in [1.29, 1.82) is 0 Å². The third kappa shape index (κ3) is 25.1. The Kier molecular flexibility index (Phi) is 27.4. The summed E-state index contributed by atoms with van der Waals surface area (Å²) in [6, 6.07) is 0. The van der Waals surface area contributed by atoms with Crippen LogP contribution in [-0.2, 0) is 14.3 Å². The lowest BCUT2D eigenvalue weighted by Crippen LogP contribution is -2.31. The summed E-state index contributed by atoms with van der Waals surface area (Å²) < 4.78 is 4.71. The third-order valence-corrected chi connectivity index (χ3v) is 7.41. The molecule has 5 nitrogen and oxygen atoms in total. The number of aliphatic hydroxyl groups is 2. The Morgan fingerprint density at radius 3 is 0.892 bits per heavy atom. The quantitative estimate of drug-likeness (QED) is 0.0604. The third-order valence-electron chi connectivity index (χ3n) is 7.41. The van der Waals surface area contributed by atoms with Gasteiger partial charge in [-0.3, -0.25) is 0 Å². The molecule has 0 saturated carbocycles. The van der Waals surface area contributed by atoms with Gasteiger partial charge in [-0.15, -0.1) is 0 Å². The molecule has 0 fully saturated rings. The molecule has 0 bridgehead atoms. The van der Waals surface area contributed by atoms with E-state index in [-0.39, 0.29) is 0 Å². The largest absolute Gasteiger partial charge is 0.389 e. The Hall–Kier alpha value is -0.940. The molecule has 0 aliphatic carbocycles. The lowest BCUT2D eigenvalue weighted by atomic mass is 10.0. The van der Waals surface area contributed by atoms with Crippen molar-refractivity contribution in [3.05, 3.63) is 0 Å². The van der Waals surface area contributed by atoms with Crippen molar-refractivity contribution in [2.24, 2.45) is 0 Å². The maximum absolute atomic E-state index is 12.0. The zero-order valence-corrected chi connectivity index (χ0v) is 24.7. The molecule has 0 aromatic rings. The predicted molar refractivity (Wildman–Crippen MR) is 155 cm³/mol. The summed E-state index contributed by atoms with van der Waals surface area (Å²) in [7, 11) is 0. The molecule has 0 rings (SSSR count). The van der Waals surface area contributed by atoms with Crippen molar-refractivity contribution < 1.29 is 24.5 Å². The summed E-state index contributed by atoms with van der Waals surface area (Å²) in [5.74, 6) is -1.86. The van der Waals surface area contributed by atoms with Crippen LogP contribution in [0.25, 0.3) is 0 Å². The maximum Gasteiger partial charge on any atom is 0.342 e. The minimum atomic E-state index is -1.29. The molecule has 0 amide bonds. The average molecular weight is 527 g/mol. The van der Waals surface area contributed by atoms with Gasteiger partial charge in [-0.2, -0.15) is 0 Å². The van der Waals surface area contributed by atoms with Gasteiger partial charge >= 0.3 is 11.9 Å². The minimum absolute atomic E-state index is 0.304. The highest BCUT2D eigenvalue weighted by molar-refractivity contribution is 5.89. The Morgan fingerprint density at radius 1 is 0.432 bits per heavy atom. The second-order valence-electron chi connectivity index (χ2n) is 11.1. The number of ether oxygens (including phenoxy) is 1. The van der Waals surface area contributed by atoms with Crippen LogP contribution in [0.2, 0.25) is 0 Å². The van der Waals surface area contributed by atoms with Crippen molar-refractivity contribution in [3.63, 3.8) is 0 Å². The summed E-state index contributed by atoms with van der Waals surface area (Å²) in [4.78, 5) is 23.9. The van der Waals surface area contributed by atoms with Crippen LogP contribution in [0.1, 0.15) is 181 Å². The molecule has 0 aromatic heterocycles. The number of hydrogen-bond donors (Lipinski definition) is 2. The lowest BCUT2D eigenvalue weighted by Gasteiger charge is -2.12. The molecule has 0 heterocycles. The number of carbonyl (C=O) groups is 2. The van der Waals surface area contributed by atoms with Crippen molar-refractivity contribution in [2.75, 3.05) is 0 Å². The van der Waals surface area contributed by atoms with Gasteiger partial charge in [0, 0.05) is 0 Å². The molecule has 0 aromatic carbocycles. The molecule has 220 valence electrons. The average Bonchev–Trinajstić information content (AvgIpc) is 2.89. The van der Waals surface area contributed by atoms with E-state index in [9.17, 15) is 19.8 Å². The molecule has 2 N–H and O–H groups in total. The van der Waals surface area contributed by atoms with E-state index >= 15 is 0 Å². The van der Waals surface area contributed by atoms with Gasteiger partial charge in [0.05, 0.1) is 0 Å². The number of carbonyl (C=O) groups excluding carboxylic acids is 2. The number of rotatable bonds is 28. The highest BCUT2D eigenvalue weighted by atomic mass is 16.6. The number of unbranched alkanes of at least 4 members (excludes halogenated alkanes) is 22. The van der Waals surface area contributed by atoms with Crippen LogP contribution in [0, 0.1) is 0 Å². The minimum Gasteiger partial charge on any atom is -0.389 e. The number of aliphatic hydroxyl groups excluding tert-OH is 2. The first-order valence-electron chi connectivity index (χ1n) is 16.1. The molecule has 0 aliphatic rings. The van der Waals surface area contributed by atoms with E-state index in [1.54, 1.807) is 0 Å². The van der Waals surface area contributed by atoms with E-state index in [1.165, 1.54) is 116 Å². The topological polar surface area (TPSA) is 83.8 Å². The Morgan fingerprint density at radius 2 is 0.649 bits per heavy atom. The molecule has 37 heavy (non-hydrogen) atoms. The van der Waals surface area contributed by atoms with Crippen LogP contribution in [0.4, 0.5) is 0 Å². The standard InChI is InChI=1S/C32H62O5/c1-3-5-7-9-11-13-15-17-19-21-23-25-27-29(33)31(35)37-32(36)30(34)28-26-24-22-20-18-16-14-12-10-8-6-4-2/h29-30,33-34H,3-28H2,1-2H3. The fourth-order valence-corrected chi connectivity index (χ4v) is 4.83. The van der Waals surface area contributed by atoms with Crippen molar-refractivity contribution in [2.45, 2.75) is 193 Å². The summed E-state index contributed by atoms with van der Waals surface area (Å²) in [5, 5.41) is 20.0. The van der Waals surface area contributed by atoms with E-state index in [4.69, 9.17) is 4.74 Å². The van der Waals surface area contributed by atoms with E-state index in [2.05, 4.69) is 13.8 Å². The van der Waals surface area contributed by atoms with E-state index in [0.29, 0.717) is 12.8 Å². The first kappa shape index (κ1) is 36.1. The normalized spacial score (nSPS) is 13.0. The van der Waals surface area contributed by atoms with Gasteiger partial charge in [-0.1, -0.05) is 168 Å². The van der Waals surface area contributed by atoms with E-state index < -0.39 is 24.1 Å². The lowest BCUT2D eigenvalue weighted by molar-refractivity contribution is -0.171. The summed E-state index contributed by atoms with van der Waals surface area (Å²) >= 11 is 0. The summed E-state index contributed by atoms with van der Waals surface area (Å²) in [6.07, 6.45) is 27.3. The van der Waals surface area contributed by atoms with Crippen LogP contribution in [0.3, 0.4) is 0 Å². The number of hydrogen-bond acceptors (Lipinski definition) is 5. The number of esters is 2. The molecule has 5 heteroatoms. The Bertz CT molecular complexity index is 463. The first-order chi connectivity index (χ1) is 18.0.